The summed E-state index contributed by atoms with van der Waals surface area (Å²) in [5.74, 6) is -0.516. The first-order chi connectivity index (χ1) is 14.7. The summed E-state index contributed by atoms with van der Waals surface area (Å²) in [6.07, 6.45) is 2.06. The maximum absolute atomic E-state index is 14.3. The number of aryl methyl sites for hydroxylation is 2. The summed E-state index contributed by atoms with van der Waals surface area (Å²) in [5, 5.41) is 0. The summed E-state index contributed by atoms with van der Waals surface area (Å²) in [5.41, 5.74) is 4.34. The zero-order chi connectivity index (χ0) is 22.6. The number of halogens is 1. The van der Waals surface area contributed by atoms with E-state index >= 15 is 0 Å². The smallest absolute Gasteiger partial charge is 0.264 e. The van der Waals surface area contributed by atoms with Crippen LogP contribution in [0.3, 0.4) is 0 Å². The third-order valence-electron chi connectivity index (χ3n) is 5.10. The van der Waals surface area contributed by atoms with Crippen LogP contribution in [0, 0.1) is 19.7 Å². The van der Waals surface area contributed by atoms with Crippen molar-refractivity contribution < 1.29 is 12.8 Å². The lowest BCUT2D eigenvalue weighted by Crippen LogP contribution is -2.32. The van der Waals surface area contributed by atoms with Gasteiger partial charge in [-0.15, -0.1) is 6.58 Å². The average molecular weight is 436 g/mol. The van der Waals surface area contributed by atoms with Gasteiger partial charge >= 0.3 is 0 Å². The van der Waals surface area contributed by atoms with Crippen molar-refractivity contribution in [2.45, 2.75) is 25.2 Å². The van der Waals surface area contributed by atoms with Crippen LogP contribution in [0.5, 0.6) is 0 Å². The second-order valence-electron chi connectivity index (χ2n) is 7.47. The second kappa shape index (κ2) is 9.31. The summed E-state index contributed by atoms with van der Waals surface area (Å²) in [6.45, 7) is 11.9. The quantitative estimate of drug-likeness (QED) is 0.391. The van der Waals surface area contributed by atoms with Crippen LogP contribution in [0.4, 0.5) is 10.1 Å². The molecule has 0 aliphatic heterocycles. The highest BCUT2D eigenvalue weighted by atomic mass is 32.2. The number of sulfonamides is 1. The van der Waals surface area contributed by atoms with Crippen molar-refractivity contribution in [1.82, 2.24) is 0 Å². The second-order valence-corrected chi connectivity index (χ2v) is 9.34. The molecular weight excluding hydrogens is 409 g/mol. The Morgan fingerprint density at radius 3 is 2.13 bits per heavy atom. The first-order valence-corrected chi connectivity index (χ1v) is 11.4. The van der Waals surface area contributed by atoms with E-state index in [4.69, 9.17) is 0 Å². The van der Waals surface area contributed by atoms with E-state index in [1.54, 1.807) is 36.4 Å². The molecule has 0 spiro atoms. The molecule has 0 atom stereocenters. The molecule has 3 aromatic rings. The highest BCUT2D eigenvalue weighted by molar-refractivity contribution is 7.92. The Bertz CT molecular complexity index is 1200. The van der Waals surface area contributed by atoms with Crippen molar-refractivity contribution in [2.24, 2.45) is 0 Å². The van der Waals surface area contributed by atoms with Gasteiger partial charge in [-0.3, -0.25) is 4.31 Å². The van der Waals surface area contributed by atoms with E-state index in [1.807, 2.05) is 38.1 Å². The summed E-state index contributed by atoms with van der Waals surface area (Å²) in [6, 6.07) is 18.6. The van der Waals surface area contributed by atoms with Gasteiger partial charge in [0.2, 0.25) is 0 Å². The molecule has 0 radical (unpaired) electrons. The normalized spacial score (nSPS) is 11.2. The SMILES string of the molecule is C=CCCN(c1cc(F)ccc1C(=C)c1ccc(C)cc1)S(=O)(=O)c1ccc(C)cc1. The highest BCUT2D eigenvalue weighted by Crippen LogP contribution is 2.35. The van der Waals surface area contributed by atoms with Crippen LogP contribution >= 0.6 is 0 Å². The van der Waals surface area contributed by atoms with Crippen molar-refractivity contribution in [3.05, 3.63) is 114 Å². The molecule has 0 saturated carbocycles. The molecule has 0 fully saturated rings. The molecule has 5 heteroatoms. The number of hydrogen-bond acceptors (Lipinski definition) is 2. The maximum atomic E-state index is 14.3. The Hall–Kier alpha value is -3.18. The van der Waals surface area contributed by atoms with Gasteiger partial charge in [0.25, 0.3) is 10.0 Å². The number of benzene rings is 3. The molecule has 3 aromatic carbocycles. The Kier molecular flexibility index (Phi) is 6.76. The number of hydrogen-bond donors (Lipinski definition) is 0. The van der Waals surface area contributed by atoms with Gasteiger partial charge in [-0.25, -0.2) is 12.8 Å². The maximum Gasteiger partial charge on any atom is 0.264 e. The molecule has 3 rings (SSSR count). The number of nitrogens with zero attached hydrogens (tertiary/aromatic N) is 1. The van der Waals surface area contributed by atoms with E-state index in [-0.39, 0.29) is 17.1 Å². The van der Waals surface area contributed by atoms with Gasteiger partial charge in [-0.2, -0.15) is 0 Å². The van der Waals surface area contributed by atoms with Crippen molar-refractivity contribution in [3.63, 3.8) is 0 Å². The summed E-state index contributed by atoms with van der Waals surface area (Å²) in [4.78, 5) is 0.151. The summed E-state index contributed by atoms with van der Waals surface area (Å²) in [7, 11) is -3.93. The van der Waals surface area contributed by atoms with Gasteiger partial charge in [-0.1, -0.05) is 60.2 Å². The third-order valence-corrected chi connectivity index (χ3v) is 6.93. The Balaban J connectivity index is 2.16. The first kappa shape index (κ1) is 22.5. The first-order valence-electron chi connectivity index (χ1n) is 10.00. The van der Waals surface area contributed by atoms with Crippen LogP contribution in [0.25, 0.3) is 5.57 Å². The fraction of sp³-hybridized carbons (Fsp3) is 0.154. The topological polar surface area (TPSA) is 37.4 Å². The fourth-order valence-electron chi connectivity index (χ4n) is 3.29. The standard InChI is InChI=1S/C26H26FNO2S/c1-5-6-17-28(31(29,30)24-14-9-20(3)10-15-24)26-18-23(27)13-16-25(26)21(4)22-11-7-19(2)8-12-22/h5,7-16,18H,1,4,6,17H2,2-3H3. The van der Waals surface area contributed by atoms with Crippen molar-refractivity contribution in [1.29, 1.82) is 0 Å². The Morgan fingerprint density at radius 1 is 0.968 bits per heavy atom. The Morgan fingerprint density at radius 2 is 1.55 bits per heavy atom. The van der Waals surface area contributed by atoms with Crippen molar-refractivity contribution >= 4 is 21.3 Å². The van der Waals surface area contributed by atoms with E-state index in [9.17, 15) is 12.8 Å². The van der Waals surface area contributed by atoms with Gasteiger partial charge in [0, 0.05) is 12.1 Å². The zero-order valence-corrected chi connectivity index (χ0v) is 18.6. The van der Waals surface area contributed by atoms with Crippen molar-refractivity contribution in [3.8, 4) is 0 Å². The lowest BCUT2D eigenvalue weighted by atomic mass is 9.97. The molecule has 0 aromatic heterocycles. The monoisotopic (exact) mass is 435 g/mol. The van der Waals surface area contributed by atoms with Crippen LogP contribution in [0.15, 0.2) is 90.9 Å². The van der Waals surface area contributed by atoms with Gasteiger partial charge in [-0.05, 0) is 61.7 Å². The molecule has 0 heterocycles. The van der Waals surface area contributed by atoms with E-state index in [0.717, 1.165) is 16.7 Å². The van der Waals surface area contributed by atoms with Gasteiger partial charge in [0.15, 0.2) is 0 Å². The number of anilines is 1. The van der Waals surface area contributed by atoms with E-state index in [1.165, 1.54) is 16.4 Å². The lowest BCUT2D eigenvalue weighted by molar-refractivity contribution is 0.590. The molecule has 0 bridgehead atoms. The predicted octanol–water partition coefficient (Wildman–Crippen LogP) is 6.28. The molecule has 160 valence electrons. The van der Waals surface area contributed by atoms with Crippen LogP contribution in [-0.2, 0) is 10.0 Å². The fourth-order valence-corrected chi connectivity index (χ4v) is 4.78. The molecule has 0 amide bonds. The highest BCUT2D eigenvalue weighted by Gasteiger charge is 2.27. The molecular formula is C26H26FNO2S. The molecule has 0 aliphatic rings. The van der Waals surface area contributed by atoms with Crippen LogP contribution in [-0.4, -0.2) is 15.0 Å². The average Bonchev–Trinajstić information content (AvgIpc) is 2.74. The van der Waals surface area contributed by atoms with E-state index in [0.29, 0.717) is 17.6 Å². The van der Waals surface area contributed by atoms with Gasteiger partial charge in [0.05, 0.1) is 10.6 Å². The van der Waals surface area contributed by atoms with Crippen molar-refractivity contribution in [2.75, 3.05) is 10.8 Å². The zero-order valence-electron chi connectivity index (χ0n) is 17.8. The minimum Gasteiger partial charge on any atom is -0.265 e. The predicted molar refractivity (Wildman–Crippen MR) is 126 cm³/mol. The minimum atomic E-state index is -3.93. The largest absolute Gasteiger partial charge is 0.265 e. The Labute approximate surface area is 184 Å². The van der Waals surface area contributed by atoms with E-state index in [2.05, 4.69) is 13.2 Å². The summed E-state index contributed by atoms with van der Waals surface area (Å²) < 4.78 is 42.7. The molecule has 0 saturated heterocycles. The molecule has 0 unspecified atom stereocenters. The van der Waals surface area contributed by atoms with Crippen LogP contribution in [0.2, 0.25) is 0 Å². The van der Waals surface area contributed by atoms with Gasteiger partial charge < -0.3 is 0 Å². The van der Waals surface area contributed by atoms with Crippen LogP contribution in [0.1, 0.15) is 28.7 Å². The van der Waals surface area contributed by atoms with E-state index < -0.39 is 15.8 Å². The lowest BCUT2D eigenvalue weighted by Gasteiger charge is -2.27. The molecule has 0 N–H and O–H groups in total. The van der Waals surface area contributed by atoms with Crippen LogP contribution < -0.4 is 4.31 Å². The third kappa shape index (κ3) is 4.94. The molecule has 0 aliphatic carbocycles. The summed E-state index contributed by atoms with van der Waals surface area (Å²) >= 11 is 0. The molecule has 3 nitrogen and oxygen atoms in total. The number of rotatable bonds is 8. The molecule has 31 heavy (non-hydrogen) atoms. The van der Waals surface area contributed by atoms with Gasteiger partial charge in [0.1, 0.15) is 5.82 Å². The minimum absolute atomic E-state index is 0.136.